The zero-order valence-electron chi connectivity index (χ0n) is 27.8. The number of nitrogens with zero attached hydrogens (tertiary/aromatic N) is 2. The third-order valence-corrected chi connectivity index (χ3v) is 11.3. The van der Waals surface area contributed by atoms with Crippen LogP contribution in [0.5, 0.6) is 11.5 Å². The number of nitrogens with one attached hydrogen (secondary N) is 1. The number of fused-ring (bicyclic) bond motifs is 3. The molecule has 0 saturated carbocycles. The summed E-state index contributed by atoms with van der Waals surface area (Å²) < 4.78 is 18.3. The average molecular weight is 742 g/mol. The minimum atomic E-state index is -1.08. The lowest BCUT2D eigenvalue weighted by Crippen LogP contribution is -2.52. The number of carboxylic acid groups (broad SMARTS) is 1. The number of esters is 1. The van der Waals surface area contributed by atoms with Crippen LogP contribution in [0.4, 0.5) is 0 Å². The van der Waals surface area contributed by atoms with Crippen molar-refractivity contribution < 1.29 is 38.8 Å². The molecule has 10 nitrogen and oxygen atoms in total. The van der Waals surface area contributed by atoms with Gasteiger partial charge in [-0.1, -0.05) is 59.6 Å². The van der Waals surface area contributed by atoms with Crippen LogP contribution in [0.2, 0.25) is 10.0 Å². The lowest BCUT2D eigenvalue weighted by Gasteiger charge is -2.44. The molecule has 3 N–H and O–H groups in total. The van der Waals surface area contributed by atoms with Crippen LogP contribution in [0.25, 0.3) is 0 Å². The highest BCUT2D eigenvalue weighted by molar-refractivity contribution is 7.14. The molecule has 2 aromatic heterocycles. The fourth-order valence-corrected chi connectivity index (χ4v) is 8.56. The Morgan fingerprint density at radius 1 is 1.04 bits per heavy atom. The second-order valence-corrected chi connectivity index (χ2v) is 14.5. The summed E-state index contributed by atoms with van der Waals surface area (Å²) >= 11 is 14.3. The molecular formula is C37H40Cl2N3O7S+. The minimum absolute atomic E-state index is 0.145. The summed E-state index contributed by atoms with van der Waals surface area (Å²) in [7, 11) is 1.55. The van der Waals surface area contributed by atoms with E-state index in [0.717, 1.165) is 64.5 Å². The van der Waals surface area contributed by atoms with E-state index < -0.39 is 17.9 Å². The highest BCUT2D eigenvalue weighted by Crippen LogP contribution is 2.41. The number of carboxylic acids is 1. The SMILES string of the molecule is CCOc1cc(C(Cc2c(Cl)c[n+](O)cc2Cl)c2cc(CNC(C(=O)O[C@H]3CN4CCC3CC4)c3ccccc3)sc2C(=O)O)ccc1OC. The van der Waals surface area contributed by atoms with Gasteiger partial charge < -0.3 is 19.3 Å². The summed E-state index contributed by atoms with van der Waals surface area (Å²) in [4.78, 5) is 29.8. The molecule has 3 aliphatic rings. The van der Waals surface area contributed by atoms with Gasteiger partial charge in [0, 0.05) is 34.2 Å². The quantitative estimate of drug-likeness (QED) is 0.0753. The number of hydrogen-bond donors (Lipinski definition) is 3. The normalized spacial score (nSPS) is 19.5. The van der Waals surface area contributed by atoms with Crippen molar-refractivity contribution in [2.45, 2.75) is 50.8 Å². The maximum absolute atomic E-state index is 13.8. The van der Waals surface area contributed by atoms with Crippen molar-refractivity contribution in [2.75, 3.05) is 33.4 Å². The van der Waals surface area contributed by atoms with Crippen LogP contribution in [-0.2, 0) is 22.5 Å². The molecule has 0 spiro atoms. The van der Waals surface area contributed by atoms with Gasteiger partial charge in [-0.05, 0) is 80.1 Å². The van der Waals surface area contributed by atoms with E-state index >= 15 is 0 Å². The van der Waals surface area contributed by atoms with Crippen molar-refractivity contribution >= 4 is 46.5 Å². The van der Waals surface area contributed by atoms with Crippen molar-refractivity contribution in [1.82, 2.24) is 10.2 Å². The Bertz CT molecular complexity index is 1810. The Labute approximate surface area is 305 Å². The van der Waals surface area contributed by atoms with Crippen LogP contribution in [0.15, 0.2) is 67.0 Å². The number of aromatic nitrogens is 1. The van der Waals surface area contributed by atoms with Crippen molar-refractivity contribution in [3.8, 4) is 11.5 Å². The largest absolute Gasteiger partial charge is 0.493 e. The van der Waals surface area contributed by atoms with E-state index in [4.69, 9.17) is 37.4 Å². The van der Waals surface area contributed by atoms with E-state index in [1.807, 2.05) is 55.5 Å². The number of halogens is 2. The summed E-state index contributed by atoms with van der Waals surface area (Å²) in [6.45, 7) is 5.32. The number of carbonyl (C=O) groups is 2. The zero-order valence-corrected chi connectivity index (χ0v) is 30.1. The lowest BCUT2D eigenvalue weighted by atomic mass is 9.85. The first-order valence-electron chi connectivity index (χ1n) is 16.6. The summed E-state index contributed by atoms with van der Waals surface area (Å²) in [5.74, 6) is -0.550. The Morgan fingerprint density at radius 2 is 1.76 bits per heavy atom. The van der Waals surface area contributed by atoms with E-state index in [9.17, 15) is 19.9 Å². The molecule has 2 unspecified atom stereocenters. The van der Waals surface area contributed by atoms with Crippen molar-refractivity contribution in [3.63, 3.8) is 0 Å². The van der Waals surface area contributed by atoms with E-state index in [1.165, 1.54) is 12.4 Å². The Hall–Kier alpha value is -3.87. The number of hydrogen-bond acceptors (Lipinski definition) is 9. The molecule has 3 fully saturated rings. The zero-order chi connectivity index (χ0) is 35.4. The number of pyridine rings is 1. The smallest absolute Gasteiger partial charge is 0.346 e. The van der Waals surface area contributed by atoms with Crippen molar-refractivity contribution in [2.24, 2.45) is 5.92 Å². The summed E-state index contributed by atoms with van der Waals surface area (Å²) in [5, 5.41) is 24.3. The maximum Gasteiger partial charge on any atom is 0.346 e. The molecule has 2 aromatic carbocycles. The minimum Gasteiger partial charge on any atom is -0.493 e. The van der Waals surface area contributed by atoms with Gasteiger partial charge in [0.05, 0.1) is 13.7 Å². The van der Waals surface area contributed by atoms with Crippen LogP contribution in [0.1, 0.15) is 68.5 Å². The fourth-order valence-electron chi connectivity index (χ4n) is 6.94. The molecule has 7 rings (SSSR count). The Balaban J connectivity index is 1.33. The lowest BCUT2D eigenvalue weighted by molar-refractivity contribution is -0.904. The number of aromatic carboxylic acids is 1. The standard InChI is InChI=1S/C37H39Cl2N3O7S/c1-3-48-32-15-24(9-10-31(32)47-2)26(17-28-29(38)19-42(46)20-30(28)39)27-16-25(50-35(27)36(43)44)18-40-34(23-7-5-4-6-8-23)37(45)49-33-21-41-13-11-22(33)12-14-41/h4-10,15-16,19-20,22,26,33-34,40H,3,11-14,17-18,21H2,1-2H3,(H-,43,44,46)/p+1/t26?,33-,34?/m0/s1. The highest BCUT2D eigenvalue weighted by Gasteiger charge is 2.38. The second kappa shape index (κ2) is 16.0. The molecule has 264 valence electrons. The van der Waals surface area contributed by atoms with Crippen LogP contribution < -0.4 is 19.5 Å². The molecule has 0 radical (unpaired) electrons. The van der Waals surface area contributed by atoms with Gasteiger partial charge in [0.1, 0.15) is 27.1 Å². The molecular weight excluding hydrogens is 701 g/mol. The number of carbonyl (C=O) groups excluding carboxylic acids is 1. The highest BCUT2D eigenvalue weighted by atomic mass is 35.5. The number of piperidine rings is 3. The van der Waals surface area contributed by atoms with Crippen molar-refractivity contribution in [1.29, 1.82) is 0 Å². The average Bonchev–Trinajstić information content (AvgIpc) is 3.53. The number of ether oxygens (including phenoxy) is 3. The van der Waals surface area contributed by atoms with E-state index in [-0.39, 0.29) is 40.0 Å². The van der Waals surface area contributed by atoms with Crippen LogP contribution in [-0.4, -0.2) is 66.6 Å². The summed E-state index contributed by atoms with van der Waals surface area (Å²) in [6, 6.07) is 16.0. The van der Waals surface area contributed by atoms with Crippen LogP contribution >= 0.6 is 34.5 Å². The van der Waals surface area contributed by atoms with E-state index in [2.05, 4.69) is 10.2 Å². The third-order valence-electron chi connectivity index (χ3n) is 9.46. The van der Waals surface area contributed by atoms with Gasteiger partial charge in [-0.2, -0.15) is 0 Å². The molecule has 2 bridgehead atoms. The fraction of sp³-hybridized carbons (Fsp3) is 0.378. The molecule has 4 aromatic rings. The molecule has 5 heterocycles. The van der Waals surface area contributed by atoms with Crippen molar-refractivity contribution in [3.05, 3.63) is 109 Å². The number of thiophene rings is 1. The van der Waals surface area contributed by atoms with Gasteiger partial charge in [-0.3, -0.25) is 15.4 Å². The number of rotatable bonds is 14. The third kappa shape index (κ3) is 8.03. The summed E-state index contributed by atoms with van der Waals surface area (Å²) in [5.41, 5.74) is 2.61. The second-order valence-electron chi connectivity index (χ2n) is 12.6. The van der Waals surface area contributed by atoms with E-state index in [1.54, 1.807) is 13.2 Å². The van der Waals surface area contributed by atoms with Gasteiger partial charge in [0.2, 0.25) is 12.4 Å². The first kappa shape index (κ1) is 35.9. The monoisotopic (exact) mass is 740 g/mol. The van der Waals surface area contributed by atoms with Crippen LogP contribution in [0, 0.1) is 5.92 Å². The molecule has 0 aliphatic carbocycles. The van der Waals surface area contributed by atoms with Gasteiger partial charge >= 0.3 is 11.9 Å². The van der Waals surface area contributed by atoms with E-state index in [0.29, 0.717) is 35.2 Å². The molecule has 13 heteroatoms. The van der Waals surface area contributed by atoms with Gasteiger partial charge in [-0.15, -0.1) is 11.3 Å². The Morgan fingerprint density at radius 3 is 2.38 bits per heavy atom. The van der Waals surface area contributed by atoms with Gasteiger partial charge in [-0.25, -0.2) is 9.59 Å². The summed E-state index contributed by atoms with van der Waals surface area (Å²) in [6.07, 6.45) is 4.79. The van der Waals surface area contributed by atoms with Crippen LogP contribution in [0.3, 0.4) is 0 Å². The molecule has 0 amide bonds. The first-order valence-corrected chi connectivity index (χ1v) is 18.2. The van der Waals surface area contributed by atoms with Gasteiger partial charge in [0.25, 0.3) is 0 Å². The molecule has 3 saturated heterocycles. The number of benzene rings is 2. The number of methoxy groups -OCH3 is 1. The van der Waals surface area contributed by atoms with Gasteiger partial charge in [0.15, 0.2) is 11.5 Å². The maximum atomic E-state index is 13.8. The topological polar surface area (TPSA) is 121 Å². The molecule has 3 aliphatic heterocycles. The molecule has 3 atom stereocenters. The first-order chi connectivity index (χ1) is 24.1. The molecule has 50 heavy (non-hydrogen) atoms. The predicted octanol–water partition coefficient (Wildman–Crippen LogP) is 6.53. The predicted molar refractivity (Wildman–Crippen MR) is 190 cm³/mol. The Kier molecular flexibility index (Phi) is 11.5.